The van der Waals surface area contributed by atoms with Gasteiger partial charge in [0.1, 0.15) is 5.82 Å². The molecule has 4 heteroatoms. The van der Waals surface area contributed by atoms with Gasteiger partial charge in [-0.05, 0) is 30.5 Å². The molecule has 1 amide bonds. The molecule has 1 aliphatic carbocycles. The monoisotopic (exact) mass is 255 g/mol. The predicted octanol–water partition coefficient (Wildman–Crippen LogP) is 2.60. The molecule has 1 fully saturated rings. The molecular weight excluding hydrogens is 241 g/mol. The van der Waals surface area contributed by atoms with E-state index in [2.05, 4.69) is 0 Å². The average molecular weight is 256 g/mol. The van der Waals surface area contributed by atoms with Crippen LogP contribution in [0.15, 0.2) is 24.3 Å². The summed E-state index contributed by atoms with van der Waals surface area (Å²) in [6.45, 7) is 0.603. The molecule has 0 aliphatic heterocycles. The van der Waals surface area contributed by atoms with Crippen LogP contribution in [0.25, 0.3) is 0 Å². The van der Waals surface area contributed by atoms with E-state index in [1.54, 1.807) is 12.1 Å². The van der Waals surface area contributed by atoms with Crippen LogP contribution >= 0.6 is 11.6 Å². The summed E-state index contributed by atoms with van der Waals surface area (Å²) in [7, 11) is 0. The molecule has 2 nitrogen and oxygen atoms in total. The highest BCUT2D eigenvalue weighted by Crippen LogP contribution is 2.27. The van der Waals surface area contributed by atoms with Gasteiger partial charge >= 0.3 is 0 Å². The minimum absolute atomic E-state index is 0.0831. The minimum Gasteiger partial charge on any atom is -0.338 e. The van der Waals surface area contributed by atoms with E-state index >= 15 is 0 Å². The Bertz CT molecular complexity index is 389. The van der Waals surface area contributed by atoms with Crippen LogP contribution in [-0.2, 0) is 11.2 Å². The molecule has 0 N–H and O–H groups in total. The SMILES string of the molecule is O=C(Cc1ccc(F)cc1)N(CCCl)C1CC1. The first kappa shape index (κ1) is 12.4. The van der Waals surface area contributed by atoms with Crippen molar-refractivity contribution in [2.75, 3.05) is 12.4 Å². The zero-order chi connectivity index (χ0) is 12.3. The second-order valence-corrected chi connectivity index (χ2v) is 4.69. The highest BCUT2D eigenvalue weighted by molar-refractivity contribution is 6.18. The quantitative estimate of drug-likeness (QED) is 0.741. The molecule has 1 aliphatic rings. The van der Waals surface area contributed by atoms with Crippen molar-refractivity contribution < 1.29 is 9.18 Å². The maximum Gasteiger partial charge on any atom is 0.227 e. The number of hydrogen-bond acceptors (Lipinski definition) is 1. The Morgan fingerprint density at radius 2 is 2.00 bits per heavy atom. The van der Waals surface area contributed by atoms with Crippen molar-refractivity contribution in [3.05, 3.63) is 35.6 Å². The van der Waals surface area contributed by atoms with Crippen LogP contribution in [0.4, 0.5) is 4.39 Å². The third-order valence-corrected chi connectivity index (χ3v) is 3.07. The van der Waals surface area contributed by atoms with Crippen molar-refractivity contribution >= 4 is 17.5 Å². The molecule has 0 atom stereocenters. The number of carbonyl (C=O) groups excluding carboxylic acids is 1. The van der Waals surface area contributed by atoms with Crippen LogP contribution in [-0.4, -0.2) is 29.3 Å². The Hall–Kier alpha value is -1.09. The highest BCUT2D eigenvalue weighted by atomic mass is 35.5. The molecular formula is C13H15ClFNO. The Balaban J connectivity index is 1.96. The van der Waals surface area contributed by atoms with Crippen molar-refractivity contribution in [3.63, 3.8) is 0 Å². The topological polar surface area (TPSA) is 20.3 Å². The maximum atomic E-state index is 12.7. The highest BCUT2D eigenvalue weighted by Gasteiger charge is 2.31. The summed E-state index contributed by atoms with van der Waals surface area (Å²) >= 11 is 5.69. The molecule has 92 valence electrons. The van der Waals surface area contributed by atoms with Crippen LogP contribution in [0.2, 0.25) is 0 Å². The van der Waals surface area contributed by atoms with Crippen LogP contribution in [0, 0.1) is 5.82 Å². The largest absolute Gasteiger partial charge is 0.338 e. The molecule has 0 aromatic heterocycles. The Kier molecular flexibility index (Phi) is 4.00. The first-order valence-electron chi connectivity index (χ1n) is 5.80. The van der Waals surface area contributed by atoms with Gasteiger partial charge in [-0.2, -0.15) is 0 Å². The fraction of sp³-hybridized carbons (Fsp3) is 0.462. The van der Waals surface area contributed by atoms with E-state index in [1.165, 1.54) is 12.1 Å². The summed E-state index contributed by atoms with van der Waals surface area (Å²) in [5.41, 5.74) is 0.844. The Morgan fingerprint density at radius 1 is 1.35 bits per heavy atom. The summed E-state index contributed by atoms with van der Waals surface area (Å²) < 4.78 is 12.7. The molecule has 17 heavy (non-hydrogen) atoms. The van der Waals surface area contributed by atoms with Gasteiger partial charge in [0.15, 0.2) is 0 Å². The molecule has 0 saturated heterocycles. The lowest BCUT2D eigenvalue weighted by molar-refractivity contribution is -0.130. The number of hydrogen-bond donors (Lipinski definition) is 0. The molecule has 0 heterocycles. The van der Waals surface area contributed by atoms with Crippen molar-refractivity contribution in [1.29, 1.82) is 0 Å². The second-order valence-electron chi connectivity index (χ2n) is 4.31. The van der Waals surface area contributed by atoms with Crippen molar-refractivity contribution in [1.82, 2.24) is 4.90 Å². The van der Waals surface area contributed by atoms with Gasteiger partial charge in [0.25, 0.3) is 0 Å². The number of alkyl halides is 1. The van der Waals surface area contributed by atoms with Gasteiger partial charge < -0.3 is 4.90 Å². The van der Waals surface area contributed by atoms with Gasteiger partial charge in [0, 0.05) is 18.5 Å². The fourth-order valence-corrected chi connectivity index (χ4v) is 2.05. The van der Waals surface area contributed by atoms with Crippen LogP contribution < -0.4 is 0 Å². The third kappa shape index (κ3) is 3.43. The van der Waals surface area contributed by atoms with E-state index in [0.717, 1.165) is 18.4 Å². The number of rotatable bonds is 5. The maximum absolute atomic E-state index is 12.7. The number of benzene rings is 1. The number of halogens is 2. The van der Waals surface area contributed by atoms with E-state index < -0.39 is 0 Å². The van der Waals surface area contributed by atoms with Crippen LogP contribution in [0.1, 0.15) is 18.4 Å². The van der Waals surface area contributed by atoms with E-state index in [-0.39, 0.29) is 11.7 Å². The zero-order valence-corrected chi connectivity index (χ0v) is 10.3. The summed E-state index contributed by atoms with van der Waals surface area (Å²) in [5.74, 6) is 0.270. The normalized spacial score (nSPS) is 14.7. The van der Waals surface area contributed by atoms with Crippen molar-refractivity contribution in [2.24, 2.45) is 0 Å². The van der Waals surface area contributed by atoms with E-state index in [0.29, 0.717) is 24.9 Å². The first-order chi connectivity index (χ1) is 8.20. The van der Waals surface area contributed by atoms with Gasteiger partial charge in [-0.15, -0.1) is 11.6 Å². The predicted molar refractivity (Wildman–Crippen MR) is 65.6 cm³/mol. The minimum atomic E-state index is -0.277. The molecule has 1 saturated carbocycles. The van der Waals surface area contributed by atoms with Crippen LogP contribution in [0.5, 0.6) is 0 Å². The lowest BCUT2D eigenvalue weighted by Crippen LogP contribution is -2.35. The van der Waals surface area contributed by atoms with Gasteiger partial charge in [0.2, 0.25) is 5.91 Å². The van der Waals surface area contributed by atoms with Crippen molar-refractivity contribution in [2.45, 2.75) is 25.3 Å². The standard InChI is InChI=1S/C13H15ClFNO/c14-7-8-16(12-5-6-12)13(17)9-10-1-3-11(15)4-2-10/h1-4,12H,5-9H2. The smallest absolute Gasteiger partial charge is 0.227 e. The second kappa shape index (κ2) is 5.50. The van der Waals surface area contributed by atoms with Crippen LogP contribution in [0.3, 0.4) is 0 Å². The summed E-state index contributed by atoms with van der Waals surface area (Å²) in [6, 6.07) is 6.44. The molecule has 0 radical (unpaired) electrons. The number of amides is 1. The third-order valence-electron chi connectivity index (χ3n) is 2.90. The average Bonchev–Trinajstić information content (AvgIpc) is 3.13. The zero-order valence-electron chi connectivity index (χ0n) is 9.53. The Labute approximate surface area is 105 Å². The molecule has 0 unspecified atom stereocenters. The van der Waals surface area contributed by atoms with E-state index in [1.807, 2.05) is 4.90 Å². The molecule has 1 aromatic carbocycles. The Morgan fingerprint density at radius 3 is 2.53 bits per heavy atom. The molecule has 0 bridgehead atoms. The fourth-order valence-electron chi connectivity index (χ4n) is 1.87. The van der Waals surface area contributed by atoms with Gasteiger partial charge in [-0.1, -0.05) is 12.1 Å². The summed E-state index contributed by atoms with van der Waals surface area (Å²) in [5, 5.41) is 0. The molecule has 1 aromatic rings. The summed E-state index contributed by atoms with van der Waals surface area (Å²) in [4.78, 5) is 13.9. The van der Waals surface area contributed by atoms with Crippen molar-refractivity contribution in [3.8, 4) is 0 Å². The van der Waals surface area contributed by atoms with E-state index in [9.17, 15) is 9.18 Å². The lowest BCUT2D eigenvalue weighted by Gasteiger charge is -2.21. The molecule has 2 rings (SSSR count). The van der Waals surface area contributed by atoms with Gasteiger partial charge in [0.05, 0.1) is 6.42 Å². The molecule has 0 spiro atoms. The lowest BCUT2D eigenvalue weighted by atomic mass is 10.1. The number of nitrogens with zero attached hydrogens (tertiary/aromatic N) is 1. The van der Waals surface area contributed by atoms with E-state index in [4.69, 9.17) is 11.6 Å². The summed E-state index contributed by atoms with van der Waals surface area (Å²) in [6.07, 6.45) is 2.48. The van der Waals surface area contributed by atoms with Gasteiger partial charge in [-0.25, -0.2) is 4.39 Å². The number of carbonyl (C=O) groups is 1. The first-order valence-corrected chi connectivity index (χ1v) is 6.34. The van der Waals surface area contributed by atoms with Gasteiger partial charge in [-0.3, -0.25) is 4.79 Å².